The van der Waals surface area contributed by atoms with Crippen molar-refractivity contribution in [2.75, 3.05) is 23.7 Å². The molecule has 0 fully saturated rings. The minimum atomic E-state index is -3.85. The topological polar surface area (TPSA) is 86.8 Å². The van der Waals surface area contributed by atoms with E-state index in [0.29, 0.717) is 23.4 Å². The largest absolute Gasteiger partial charge is 0.354 e. The molecule has 0 aliphatic carbocycles. The van der Waals surface area contributed by atoms with Crippen LogP contribution in [0.2, 0.25) is 0 Å². The van der Waals surface area contributed by atoms with Gasteiger partial charge in [-0.15, -0.1) is 0 Å². The van der Waals surface area contributed by atoms with Crippen molar-refractivity contribution in [3.8, 4) is 0 Å². The van der Waals surface area contributed by atoms with E-state index < -0.39 is 34.3 Å². The number of sulfonamides is 1. The maximum absolute atomic E-state index is 14.1. The van der Waals surface area contributed by atoms with Crippen molar-refractivity contribution in [2.24, 2.45) is 5.92 Å². The molecule has 7 nitrogen and oxygen atoms in total. The van der Waals surface area contributed by atoms with E-state index in [4.69, 9.17) is 0 Å². The minimum Gasteiger partial charge on any atom is -0.354 e. The molecule has 214 valence electrons. The van der Waals surface area contributed by atoms with E-state index >= 15 is 0 Å². The number of carbonyl (C=O) groups is 2. The lowest BCUT2D eigenvalue weighted by Gasteiger charge is -2.34. The minimum absolute atomic E-state index is 0.00378. The summed E-state index contributed by atoms with van der Waals surface area (Å²) in [6.45, 7) is 7.56. The molecular formula is C31H38FN3O4S. The van der Waals surface area contributed by atoms with E-state index in [-0.39, 0.29) is 24.8 Å². The SMILES string of the molecule is Cc1ccc(N(CC(=O)N(Cc2ccc(F)cc2)[C@@H](Cc2ccccc2)C(=O)NCC(C)C)S(C)(=O)=O)c(C)c1. The second-order valence-corrected chi connectivity index (χ2v) is 12.5. The molecule has 0 aliphatic heterocycles. The molecule has 0 radical (unpaired) electrons. The highest BCUT2D eigenvalue weighted by Crippen LogP contribution is 2.25. The first-order valence-corrected chi connectivity index (χ1v) is 15.1. The molecule has 0 heterocycles. The molecule has 0 aromatic heterocycles. The zero-order valence-electron chi connectivity index (χ0n) is 23.7. The summed E-state index contributed by atoms with van der Waals surface area (Å²) in [5, 5.41) is 2.94. The fourth-order valence-electron chi connectivity index (χ4n) is 4.44. The molecule has 0 spiro atoms. The van der Waals surface area contributed by atoms with Crippen LogP contribution in [0.15, 0.2) is 72.8 Å². The summed E-state index contributed by atoms with van der Waals surface area (Å²) >= 11 is 0. The number of nitrogens with one attached hydrogen (secondary N) is 1. The van der Waals surface area contributed by atoms with Gasteiger partial charge in [-0.05, 0) is 54.7 Å². The molecule has 3 aromatic carbocycles. The monoisotopic (exact) mass is 567 g/mol. The lowest BCUT2D eigenvalue weighted by atomic mass is 10.0. The number of hydrogen-bond donors (Lipinski definition) is 1. The standard InChI is InChI=1S/C31H38FN3O4S/c1-22(2)19-33-31(37)29(18-25-9-7-6-8-10-25)34(20-26-12-14-27(32)15-13-26)30(36)21-35(40(5,38)39)28-16-11-23(3)17-24(28)4/h6-17,22,29H,18-21H2,1-5H3,(H,33,37)/t29-/m0/s1. The van der Waals surface area contributed by atoms with Gasteiger partial charge in [-0.1, -0.05) is 74.0 Å². The van der Waals surface area contributed by atoms with Crippen LogP contribution in [0, 0.1) is 25.6 Å². The summed E-state index contributed by atoms with van der Waals surface area (Å²) in [7, 11) is -3.85. The van der Waals surface area contributed by atoms with E-state index in [9.17, 15) is 22.4 Å². The van der Waals surface area contributed by atoms with Crippen LogP contribution in [0.3, 0.4) is 0 Å². The Labute approximate surface area is 237 Å². The maximum Gasteiger partial charge on any atom is 0.244 e. The molecule has 1 N–H and O–H groups in total. The summed E-state index contributed by atoms with van der Waals surface area (Å²) in [5.41, 5.74) is 3.52. The first-order valence-electron chi connectivity index (χ1n) is 13.3. The van der Waals surface area contributed by atoms with Gasteiger partial charge in [0.15, 0.2) is 0 Å². The molecule has 3 aromatic rings. The van der Waals surface area contributed by atoms with Crippen LogP contribution in [-0.4, -0.2) is 50.5 Å². The molecule has 0 aliphatic rings. The van der Waals surface area contributed by atoms with E-state index in [1.165, 1.54) is 17.0 Å². The average Bonchev–Trinajstić information content (AvgIpc) is 2.89. The number of carbonyl (C=O) groups excluding carboxylic acids is 2. The first-order chi connectivity index (χ1) is 18.8. The van der Waals surface area contributed by atoms with E-state index in [1.54, 1.807) is 31.2 Å². The van der Waals surface area contributed by atoms with Gasteiger partial charge in [-0.3, -0.25) is 13.9 Å². The first kappa shape index (κ1) is 30.8. The molecule has 9 heteroatoms. The Balaban J connectivity index is 2.06. The lowest BCUT2D eigenvalue weighted by Crippen LogP contribution is -2.53. The van der Waals surface area contributed by atoms with Crippen molar-refractivity contribution in [3.05, 3.63) is 101 Å². The number of nitrogens with zero attached hydrogens (tertiary/aromatic N) is 2. The molecule has 3 rings (SSSR count). The van der Waals surface area contributed by atoms with Crippen LogP contribution in [0.5, 0.6) is 0 Å². The Kier molecular flexibility index (Phi) is 10.5. The highest BCUT2D eigenvalue weighted by molar-refractivity contribution is 7.92. The normalized spacial score (nSPS) is 12.2. The predicted molar refractivity (Wildman–Crippen MR) is 157 cm³/mol. The molecular weight excluding hydrogens is 529 g/mol. The van der Waals surface area contributed by atoms with Crippen molar-refractivity contribution in [1.82, 2.24) is 10.2 Å². The molecule has 0 bridgehead atoms. The van der Waals surface area contributed by atoms with Gasteiger partial charge in [0.2, 0.25) is 21.8 Å². The smallest absolute Gasteiger partial charge is 0.244 e. The number of rotatable bonds is 12. The van der Waals surface area contributed by atoms with Gasteiger partial charge >= 0.3 is 0 Å². The van der Waals surface area contributed by atoms with E-state index in [2.05, 4.69) is 5.32 Å². The Morgan fingerprint density at radius 2 is 1.57 bits per heavy atom. The van der Waals surface area contributed by atoms with E-state index in [1.807, 2.05) is 57.2 Å². The predicted octanol–water partition coefficient (Wildman–Crippen LogP) is 4.62. The highest BCUT2D eigenvalue weighted by atomic mass is 32.2. The third-order valence-corrected chi connectivity index (χ3v) is 7.65. The Bertz CT molecular complexity index is 1410. The lowest BCUT2D eigenvalue weighted by molar-refractivity contribution is -0.140. The van der Waals surface area contributed by atoms with Gasteiger partial charge < -0.3 is 10.2 Å². The Morgan fingerprint density at radius 3 is 2.15 bits per heavy atom. The Hall–Kier alpha value is -3.72. The summed E-state index contributed by atoms with van der Waals surface area (Å²) < 4.78 is 40.6. The summed E-state index contributed by atoms with van der Waals surface area (Å²) in [6, 6.07) is 19.4. The van der Waals surface area contributed by atoms with Gasteiger partial charge in [0.1, 0.15) is 18.4 Å². The quantitative estimate of drug-likeness (QED) is 0.346. The van der Waals surface area contributed by atoms with Crippen LogP contribution in [0.25, 0.3) is 0 Å². The second kappa shape index (κ2) is 13.6. The van der Waals surface area contributed by atoms with Crippen LogP contribution in [0.4, 0.5) is 10.1 Å². The summed E-state index contributed by atoms with van der Waals surface area (Å²) in [4.78, 5) is 29.1. The van der Waals surface area contributed by atoms with Gasteiger partial charge in [0, 0.05) is 19.5 Å². The molecule has 0 unspecified atom stereocenters. The summed E-state index contributed by atoms with van der Waals surface area (Å²) in [5.74, 6) is -1.12. The number of amides is 2. The Morgan fingerprint density at radius 1 is 0.925 bits per heavy atom. The van der Waals surface area contributed by atoms with Crippen molar-refractivity contribution in [1.29, 1.82) is 0 Å². The van der Waals surface area contributed by atoms with E-state index in [0.717, 1.165) is 21.7 Å². The number of halogens is 1. The average molecular weight is 568 g/mol. The van der Waals surface area contributed by atoms with Crippen LogP contribution >= 0.6 is 0 Å². The van der Waals surface area contributed by atoms with Crippen molar-refractivity contribution < 1.29 is 22.4 Å². The van der Waals surface area contributed by atoms with Crippen LogP contribution < -0.4 is 9.62 Å². The second-order valence-electron chi connectivity index (χ2n) is 10.6. The fraction of sp³-hybridized carbons (Fsp3) is 0.355. The number of anilines is 1. The van der Waals surface area contributed by atoms with Crippen molar-refractivity contribution in [2.45, 2.75) is 46.7 Å². The molecule has 0 saturated heterocycles. The molecule has 0 saturated carbocycles. The number of hydrogen-bond acceptors (Lipinski definition) is 4. The van der Waals surface area contributed by atoms with Crippen LogP contribution in [0.1, 0.15) is 36.1 Å². The van der Waals surface area contributed by atoms with Gasteiger partial charge in [0.25, 0.3) is 0 Å². The number of benzene rings is 3. The highest BCUT2D eigenvalue weighted by Gasteiger charge is 2.33. The third-order valence-electron chi connectivity index (χ3n) is 6.52. The van der Waals surface area contributed by atoms with Crippen molar-refractivity contribution in [3.63, 3.8) is 0 Å². The zero-order valence-corrected chi connectivity index (χ0v) is 24.5. The zero-order chi connectivity index (χ0) is 29.4. The number of aryl methyl sites for hydroxylation is 2. The van der Waals surface area contributed by atoms with Gasteiger partial charge in [-0.25, -0.2) is 12.8 Å². The van der Waals surface area contributed by atoms with Gasteiger partial charge in [-0.2, -0.15) is 0 Å². The maximum atomic E-state index is 14.1. The van der Waals surface area contributed by atoms with Crippen molar-refractivity contribution >= 4 is 27.5 Å². The van der Waals surface area contributed by atoms with Gasteiger partial charge in [0.05, 0.1) is 11.9 Å². The summed E-state index contributed by atoms with van der Waals surface area (Å²) in [6.07, 6.45) is 1.28. The third kappa shape index (κ3) is 8.64. The fourth-order valence-corrected chi connectivity index (χ4v) is 5.35. The van der Waals surface area contributed by atoms with Crippen LogP contribution in [-0.2, 0) is 32.6 Å². The molecule has 1 atom stereocenters. The molecule has 2 amide bonds. The molecule has 40 heavy (non-hydrogen) atoms.